The first-order valence-electron chi connectivity index (χ1n) is 8.72. The fourth-order valence-electron chi connectivity index (χ4n) is 2.89. The predicted molar refractivity (Wildman–Crippen MR) is 115 cm³/mol. The van der Waals surface area contributed by atoms with Crippen LogP contribution >= 0.6 is 39.3 Å². The monoisotopic (exact) mass is 469 g/mol. The molecule has 2 aromatic carbocycles. The summed E-state index contributed by atoms with van der Waals surface area (Å²) in [6, 6.07) is 11.3. The topological polar surface area (TPSA) is 38.8 Å². The van der Waals surface area contributed by atoms with Gasteiger partial charge < -0.3 is 9.47 Å². The summed E-state index contributed by atoms with van der Waals surface area (Å²) in [6.07, 6.45) is 0.0272. The van der Waals surface area contributed by atoms with Crippen LogP contribution < -0.4 is 14.4 Å². The van der Waals surface area contributed by atoms with Crippen LogP contribution in [-0.4, -0.2) is 24.4 Å². The number of hydrogen-bond acceptors (Lipinski definition) is 4. The van der Waals surface area contributed by atoms with Gasteiger partial charge in [-0.2, -0.15) is 0 Å². The molecule has 2 aromatic rings. The van der Waals surface area contributed by atoms with Crippen LogP contribution in [-0.2, 0) is 4.79 Å². The van der Waals surface area contributed by atoms with Crippen LogP contribution in [0.4, 0.5) is 5.69 Å². The van der Waals surface area contributed by atoms with Crippen LogP contribution in [0.5, 0.6) is 11.5 Å². The summed E-state index contributed by atoms with van der Waals surface area (Å²) in [5, 5.41) is 0.508. The fourth-order valence-corrected chi connectivity index (χ4v) is 4.73. The summed E-state index contributed by atoms with van der Waals surface area (Å²) in [4.78, 5) is 14.4. The van der Waals surface area contributed by atoms with E-state index in [1.807, 2.05) is 49.9 Å². The molecule has 1 fully saturated rings. The number of rotatable bonds is 6. The number of hydrogen-bond donors (Lipinski definition) is 0. The van der Waals surface area contributed by atoms with Crippen LogP contribution in [0.3, 0.4) is 0 Å². The van der Waals surface area contributed by atoms with Crippen molar-refractivity contribution in [1.29, 1.82) is 0 Å². The Hall–Kier alpha value is -1.37. The van der Waals surface area contributed by atoms with E-state index in [0.29, 0.717) is 28.9 Å². The molecule has 27 heavy (non-hydrogen) atoms. The largest absolute Gasteiger partial charge is 0.490 e. The zero-order valence-corrected chi connectivity index (χ0v) is 18.5. The molecule has 0 spiro atoms. The number of carbonyl (C=O) groups is 1. The highest BCUT2D eigenvalue weighted by Crippen LogP contribution is 2.46. The summed E-state index contributed by atoms with van der Waals surface area (Å²) < 4.78 is 12.5. The molecule has 0 unspecified atom stereocenters. The number of anilines is 1. The van der Waals surface area contributed by atoms with Crippen LogP contribution in [0.1, 0.15) is 31.7 Å². The number of carbonyl (C=O) groups excluding carboxylic acids is 1. The Bertz CT molecular complexity index is 829. The van der Waals surface area contributed by atoms with Crippen molar-refractivity contribution in [2.45, 2.75) is 32.2 Å². The van der Waals surface area contributed by atoms with E-state index in [-0.39, 0.29) is 17.4 Å². The highest BCUT2D eigenvalue weighted by Gasteiger charge is 2.35. The van der Waals surface area contributed by atoms with Crippen molar-refractivity contribution < 1.29 is 14.3 Å². The summed E-state index contributed by atoms with van der Waals surface area (Å²) in [7, 11) is 0. The maximum Gasteiger partial charge on any atom is 0.238 e. The van der Waals surface area contributed by atoms with E-state index in [0.717, 1.165) is 15.7 Å². The van der Waals surface area contributed by atoms with Gasteiger partial charge in [-0.1, -0.05) is 11.6 Å². The normalized spacial score (nSPS) is 16.9. The van der Waals surface area contributed by atoms with Crippen LogP contribution in [0, 0.1) is 0 Å². The average Bonchev–Trinajstić information content (AvgIpc) is 3.00. The molecular weight excluding hydrogens is 450 g/mol. The Morgan fingerprint density at radius 1 is 1.30 bits per heavy atom. The highest BCUT2D eigenvalue weighted by atomic mass is 79.9. The molecular formula is C20H21BrClNO3S. The maximum atomic E-state index is 12.6. The van der Waals surface area contributed by atoms with Crippen LogP contribution in [0.2, 0.25) is 5.02 Å². The molecule has 0 aliphatic carbocycles. The average molecular weight is 471 g/mol. The number of ether oxygens (including phenoxy) is 2. The van der Waals surface area contributed by atoms with E-state index < -0.39 is 0 Å². The molecule has 4 nitrogen and oxygen atoms in total. The zero-order valence-electron chi connectivity index (χ0n) is 15.4. The van der Waals surface area contributed by atoms with Gasteiger partial charge in [-0.3, -0.25) is 9.69 Å². The lowest BCUT2D eigenvalue weighted by molar-refractivity contribution is -0.115. The van der Waals surface area contributed by atoms with E-state index in [4.69, 9.17) is 21.1 Å². The van der Waals surface area contributed by atoms with E-state index >= 15 is 0 Å². The van der Waals surface area contributed by atoms with Crippen molar-refractivity contribution in [1.82, 2.24) is 0 Å². The number of nitrogens with zero attached hydrogens (tertiary/aromatic N) is 1. The Kier molecular flexibility index (Phi) is 6.61. The number of halogens is 2. The molecule has 1 aliphatic rings. The molecule has 3 rings (SSSR count). The SMILES string of the molecule is CCOc1cc([C@@H]2SCC(=O)N2c2ccc(Cl)cc2)cc(Br)c1OC(C)C. The highest BCUT2D eigenvalue weighted by molar-refractivity contribution is 9.10. The van der Waals surface area contributed by atoms with Crippen LogP contribution in [0.15, 0.2) is 40.9 Å². The quantitative estimate of drug-likeness (QED) is 0.514. The summed E-state index contributed by atoms with van der Waals surface area (Å²) in [5.41, 5.74) is 1.81. The first-order valence-corrected chi connectivity index (χ1v) is 10.9. The summed E-state index contributed by atoms with van der Waals surface area (Å²) in [6.45, 7) is 6.42. The van der Waals surface area contributed by atoms with Gasteiger partial charge in [0.25, 0.3) is 0 Å². The van der Waals surface area contributed by atoms with E-state index in [1.165, 1.54) is 0 Å². The molecule has 1 saturated heterocycles. The Balaban J connectivity index is 2.01. The predicted octanol–water partition coefficient (Wildman–Crippen LogP) is 6.07. The molecule has 1 atom stereocenters. The lowest BCUT2D eigenvalue weighted by Gasteiger charge is -2.26. The van der Waals surface area contributed by atoms with Crippen molar-refractivity contribution in [3.63, 3.8) is 0 Å². The van der Waals surface area contributed by atoms with E-state index in [9.17, 15) is 4.79 Å². The molecule has 0 N–H and O–H groups in total. The van der Waals surface area contributed by atoms with Gasteiger partial charge in [-0.25, -0.2) is 0 Å². The second-order valence-corrected chi connectivity index (χ2v) is 8.69. The third-order valence-corrected chi connectivity index (χ3v) is 6.00. The van der Waals surface area contributed by atoms with Gasteiger partial charge in [0.1, 0.15) is 5.37 Å². The Morgan fingerprint density at radius 3 is 2.63 bits per heavy atom. The molecule has 0 saturated carbocycles. The van der Waals surface area contributed by atoms with Crippen molar-refractivity contribution in [3.8, 4) is 11.5 Å². The van der Waals surface area contributed by atoms with Crippen LogP contribution in [0.25, 0.3) is 0 Å². The Morgan fingerprint density at radius 2 is 2.00 bits per heavy atom. The zero-order chi connectivity index (χ0) is 19.6. The van der Waals surface area contributed by atoms with Gasteiger partial charge in [-0.15, -0.1) is 11.8 Å². The molecule has 1 aliphatic heterocycles. The van der Waals surface area contributed by atoms with Crippen molar-refractivity contribution in [2.75, 3.05) is 17.3 Å². The number of thioether (sulfide) groups is 1. The van der Waals surface area contributed by atoms with Gasteiger partial charge in [-0.05, 0) is 78.7 Å². The minimum atomic E-state index is -0.137. The van der Waals surface area contributed by atoms with Gasteiger partial charge in [0.15, 0.2) is 11.5 Å². The van der Waals surface area contributed by atoms with E-state index in [1.54, 1.807) is 23.9 Å². The first-order chi connectivity index (χ1) is 12.9. The molecule has 7 heteroatoms. The number of amides is 1. The van der Waals surface area contributed by atoms with Gasteiger partial charge >= 0.3 is 0 Å². The maximum absolute atomic E-state index is 12.6. The summed E-state index contributed by atoms with van der Waals surface area (Å²) >= 11 is 11.2. The van der Waals surface area contributed by atoms with Crippen molar-refractivity contribution in [2.24, 2.45) is 0 Å². The molecule has 0 radical (unpaired) electrons. The molecule has 1 amide bonds. The molecule has 144 valence electrons. The third kappa shape index (κ3) is 4.55. The smallest absolute Gasteiger partial charge is 0.238 e. The fraction of sp³-hybridized carbons (Fsp3) is 0.350. The first kappa shape index (κ1) is 20.4. The van der Waals surface area contributed by atoms with Gasteiger partial charge in [0, 0.05) is 10.7 Å². The van der Waals surface area contributed by atoms with Crippen molar-refractivity contribution >= 4 is 50.9 Å². The summed E-state index contributed by atoms with van der Waals surface area (Å²) in [5.74, 6) is 1.86. The second-order valence-electron chi connectivity index (χ2n) is 6.33. The standard InChI is InChI=1S/C20H21BrClNO3S/c1-4-25-17-10-13(9-16(21)19(17)26-12(2)3)20-23(18(24)11-27-20)15-7-5-14(22)6-8-15/h5-10,12,20H,4,11H2,1-3H3/t20-/m0/s1. The number of benzene rings is 2. The van der Waals surface area contributed by atoms with Gasteiger partial charge in [0.2, 0.25) is 5.91 Å². The molecule has 0 bridgehead atoms. The van der Waals surface area contributed by atoms with Gasteiger partial charge in [0.05, 0.1) is 22.9 Å². The Labute approximate surface area is 177 Å². The third-order valence-electron chi connectivity index (χ3n) is 3.94. The van der Waals surface area contributed by atoms with Crippen molar-refractivity contribution in [3.05, 3.63) is 51.5 Å². The second kappa shape index (κ2) is 8.76. The minimum Gasteiger partial charge on any atom is -0.490 e. The lowest BCUT2D eigenvalue weighted by atomic mass is 10.1. The van der Waals surface area contributed by atoms with E-state index in [2.05, 4.69) is 15.9 Å². The molecule has 1 heterocycles. The molecule has 0 aromatic heterocycles. The lowest BCUT2D eigenvalue weighted by Crippen LogP contribution is -2.27. The minimum absolute atomic E-state index is 0.0272.